The van der Waals surface area contributed by atoms with Gasteiger partial charge in [-0.3, -0.25) is 9.59 Å². The number of carbonyl (C=O) groups is 2. The van der Waals surface area contributed by atoms with Gasteiger partial charge in [-0.05, 0) is 79.9 Å². The van der Waals surface area contributed by atoms with Crippen LogP contribution in [0, 0.1) is 23.2 Å². The van der Waals surface area contributed by atoms with Crippen LogP contribution in [0.3, 0.4) is 0 Å². The summed E-state index contributed by atoms with van der Waals surface area (Å²) in [5, 5.41) is 3.50. The Morgan fingerprint density at radius 1 is 1.08 bits per heavy atom. The Hall–Kier alpha value is -1.26. The first-order valence-electron chi connectivity index (χ1n) is 9.31. The molecule has 1 N–H and O–H groups in total. The molecule has 0 atom stereocenters. The van der Waals surface area contributed by atoms with Crippen molar-refractivity contribution in [3.63, 3.8) is 0 Å². The van der Waals surface area contributed by atoms with Gasteiger partial charge >= 0.3 is 5.97 Å². The molecule has 140 valence electrons. The molecule has 6 heteroatoms. The molecule has 1 aromatic rings. The van der Waals surface area contributed by atoms with Crippen molar-refractivity contribution in [1.82, 2.24) is 0 Å². The van der Waals surface area contributed by atoms with Crippen LogP contribution < -0.4 is 5.32 Å². The molecule has 0 spiro atoms. The molecule has 4 fully saturated rings. The highest BCUT2D eigenvalue weighted by atomic mass is 35.5. The van der Waals surface area contributed by atoms with Gasteiger partial charge in [0.15, 0.2) is 6.61 Å². The number of hydrogen-bond acceptors (Lipinski definition) is 3. The van der Waals surface area contributed by atoms with Crippen molar-refractivity contribution in [2.24, 2.45) is 23.2 Å². The summed E-state index contributed by atoms with van der Waals surface area (Å²) in [5.74, 6) is 1.71. The van der Waals surface area contributed by atoms with Gasteiger partial charge in [0.2, 0.25) is 0 Å². The van der Waals surface area contributed by atoms with Crippen LogP contribution >= 0.6 is 23.2 Å². The first kappa shape index (κ1) is 18.1. The molecule has 0 aliphatic heterocycles. The standard InChI is InChI=1S/C20H23Cl2NO3/c21-15-1-2-16(22)17(6-15)23-18(24)11-26-19(25)10-20-7-12-3-13(8-20)5-14(4-12)9-20/h1-2,6,12-14H,3-5,7-11H2,(H,23,24). The Bertz CT molecular complexity index is 698. The Kier molecular flexibility index (Phi) is 4.91. The van der Waals surface area contributed by atoms with E-state index in [4.69, 9.17) is 27.9 Å². The number of halogens is 2. The second kappa shape index (κ2) is 7.05. The first-order chi connectivity index (χ1) is 12.4. The lowest BCUT2D eigenvalue weighted by atomic mass is 9.49. The Labute approximate surface area is 163 Å². The number of esters is 1. The fourth-order valence-corrected chi connectivity index (χ4v) is 6.13. The van der Waals surface area contributed by atoms with Gasteiger partial charge in [-0.1, -0.05) is 23.2 Å². The summed E-state index contributed by atoms with van der Waals surface area (Å²) in [6.07, 6.45) is 7.93. The normalized spacial score (nSPS) is 31.7. The van der Waals surface area contributed by atoms with Crippen LogP contribution in [-0.2, 0) is 14.3 Å². The van der Waals surface area contributed by atoms with E-state index in [1.54, 1.807) is 18.2 Å². The molecule has 4 nitrogen and oxygen atoms in total. The predicted octanol–water partition coefficient (Wildman–Crippen LogP) is 5.08. The summed E-state index contributed by atoms with van der Waals surface area (Å²) in [5.41, 5.74) is 0.541. The Morgan fingerprint density at radius 3 is 2.31 bits per heavy atom. The van der Waals surface area contributed by atoms with Gasteiger partial charge in [-0.15, -0.1) is 0 Å². The van der Waals surface area contributed by atoms with Gasteiger partial charge in [-0.25, -0.2) is 0 Å². The SMILES string of the molecule is O=C(COC(=O)CC12CC3CC(CC(C3)C1)C2)Nc1cc(Cl)ccc1Cl. The van der Waals surface area contributed by atoms with E-state index in [1.165, 1.54) is 19.3 Å². The van der Waals surface area contributed by atoms with Crippen LogP contribution in [0.1, 0.15) is 44.9 Å². The van der Waals surface area contributed by atoms with Gasteiger partial charge in [0.25, 0.3) is 5.91 Å². The maximum atomic E-state index is 12.4. The van der Waals surface area contributed by atoms with Gasteiger partial charge in [0.05, 0.1) is 17.1 Å². The van der Waals surface area contributed by atoms with Crippen molar-refractivity contribution in [2.45, 2.75) is 44.9 Å². The van der Waals surface area contributed by atoms with E-state index in [2.05, 4.69) is 5.32 Å². The summed E-state index contributed by atoms with van der Waals surface area (Å²) >= 11 is 11.9. The third-order valence-electron chi connectivity index (χ3n) is 6.25. The minimum absolute atomic E-state index is 0.124. The Balaban J connectivity index is 1.29. The number of carbonyl (C=O) groups excluding carboxylic acids is 2. The monoisotopic (exact) mass is 395 g/mol. The number of nitrogens with one attached hydrogen (secondary N) is 1. The number of amides is 1. The lowest BCUT2D eigenvalue weighted by Crippen LogP contribution is -2.47. The molecule has 4 saturated carbocycles. The quantitative estimate of drug-likeness (QED) is 0.706. The van der Waals surface area contributed by atoms with Crippen molar-refractivity contribution in [3.05, 3.63) is 28.2 Å². The van der Waals surface area contributed by atoms with Crippen molar-refractivity contribution in [1.29, 1.82) is 0 Å². The van der Waals surface area contributed by atoms with E-state index in [0.717, 1.165) is 37.0 Å². The zero-order valence-electron chi connectivity index (χ0n) is 14.6. The molecular weight excluding hydrogens is 373 g/mol. The third kappa shape index (κ3) is 3.86. The van der Waals surface area contributed by atoms with Crippen LogP contribution in [-0.4, -0.2) is 18.5 Å². The number of rotatable bonds is 5. The largest absolute Gasteiger partial charge is 0.456 e. The summed E-state index contributed by atoms with van der Waals surface area (Å²) < 4.78 is 5.26. The van der Waals surface area contributed by atoms with Gasteiger partial charge in [-0.2, -0.15) is 0 Å². The van der Waals surface area contributed by atoms with Crippen LogP contribution in [0.25, 0.3) is 0 Å². The Morgan fingerprint density at radius 2 is 1.69 bits per heavy atom. The topological polar surface area (TPSA) is 55.4 Å². The van der Waals surface area contributed by atoms with Crippen LogP contribution in [0.2, 0.25) is 10.0 Å². The van der Waals surface area contributed by atoms with Gasteiger partial charge < -0.3 is 10.1 Å². The average molecular weight is 396 g/mol. The highest BCUT2D eigenvalue weighted by Crippen LogP contribution is 2.61. The molecule has 0 unspecified atom stereocenters. The van der Waals surface area contributed by atoms with E-state index >= 15 is 0 Å². The highest BCUT2D eigenvalue weighted by molar-refractivity contribution is 6.35. The summed E-state index contributed by atoms with van der Waals surface area (Å²) in [7, 11) is 0. The molecule has 0 saturated heterocycles. The smallest absolute Gasteiger partial charge is 0.306 e. The minimum atomic E-state index is -0.409. The zero-order chi connectivity index (χ0) is 18.3. The molecular formula is C20H23Cl2NO3. The number of ether oxygens (including phenoxy) is 1. The van der Waals surface area contributed by atoms with Crippen molar-refractivity contribution in [2.75, 3.05) is 11.9 Å². The van der Waals surface area contributed by atoms with Crippen LogP contribution in [0.4, 0.5) is 5.69 Å². The molecule has 1 aromatic carbocycles. The molecule has 0 radical (unpaired) electrons. The maximum Gasteiger partial charge on any atom is 0.306 e. The molecule has 26 heavy (non-hydrogen) atoms. The van der Waals surface area contributed by atoms with Crippen molar-refractivity contribution in [3.8, 4) is 0 Å². The fraction of sp³-hybridized carbons (Fsp3) is 0.600. The van der Waals surface area contributed by atoms with Crippen molar-refractivity contribution >= 4 is 40.8 Å². The predicted molar refractivity (Wildman–Crippen MR) is 101 cm³/mol. The van der Waals surface area contributed by atoms with E-state index in [9.17, 15) is 9.59 Å². The summed E-state index contributed by atoms with van der Waals surface area (Å²) in [6, 6.07) is 4.82. The average Bonchev–Trinajstić information content (AvgIpc) is 2.55. The second-order valence-electron chi connectivity index (χ2n) is 8.43. The lowest BCUT2D eigenvalue weighted by molar-refractivity contribution is -0.154. The van der Waals surface area contributed by atoms with Crippen LogP contribution in [0.15, 0.2) is 18.2 Å². The van der Waals surface area contributed by atoms with E-state index in [1.807, 2.05) is 0 Å². The fourth-order valence-electron chi connectivity index (χ4n) is 5.79. The molecule has 4 aliphatic rings. The van der Waals surface area contributed by atoms with Gasteiger partial charge in [0, 0.05) is 5.02 Å². The number of hydrogen-bond donors (Lipinski definition) is 1. The second-order valence-corrected chi connectivity index (χ2v) is 9.27. The van der Waals surface area contributed by atoms with Gasteiger partial charge in [0.1, 0.15) is 0 Å². The summed E-state index contributed by atoms with van der Waals surface area (Å²) in [4.78, 5) is 24.4. The number of anilines is 1. The maximum absolute atomic E-state index is 12.4. The number of benzene rings is 1. The zero-order valence-corrected chi connectivity index (χ0v) is 16.1. The minimum Gasteiger partial charge on any atom is -0.456 e. The van der Waals surface area contributed by atoms with Crippen molar-refractivity contribution < 1.29 is 14.3 Å². The molecule has 0 heterocycles. The molecule has 0 aromatic heterocycles. The van der Waals surface area contributed by atoms with E-state index in [-0.39, 0.29) is 18.0 Å². The molecule has 5 rings (SSSR count). The summed E-state index contributed by atoms with van der Waals surface area (Å²) in [6.45, 7) is -0.298. The lowest BCUT2D eigenvalue weighted by Gasteiger charge is -2.56. The first-order valence-corrected chi connectivity index (χ1v) is 10.1. The highest BCUT2D eigenvalue weighted by Gasteiger charge is 2.51. The molecule has 1 amide bonds. The van der Waals surface area contributed by atoms with E-state index in [0.29, 0.717) is 22.2 Å². The third-order valence-corrected chi connectivity index (χ3v) is 6.82. The van der Waals surface area contributed by atoms with Crippen LogP contribution in [0.5, 0.6) is 0 Å². The molecule has 4 bridgehead atoms. The van der Waals surface area contributed by atoms with E-state index < -0.39 is 5.91 Å². The molecule has 4 aliphatic carbocycles.